The molecule has 3 rings (SSSR count). The minimum atomic E-state index is -1.21. The van der Waals surface area contributed by atoms with Gasteiger partial charge in [0.25, 0.3) is 0 Å². The molecule has 1 aliphatic rings. The quantitative estimate of drug-likeness (QED) is 0.0622. The number of hydrogen-bond donors (Lipinski definition) is 5. The van der Waals surface area contributed by atoms with E-state index in [1.807, 2.05) is 36.4 Å². The summed E-state index contributed by atoms with van der Waals surface area (Å²) >= 11 is 3.73. The van der Waals surface area contributed by atoms with Crippen LogP contribution in [0.15, 0.2) is 40.9 Å². The number of ether oxygens (including phenoxy) is 3. The smallest absolute Gasteiger partial charge is 0.329 e. The number of halogens is 1. The number of carbonyl (C=O) groups is 6. The molecule has 0 aromatic heterocycles. The van der Waals surface area contributed by atoms with Crippen LogP contribution < -0.4 is 27.0 Å². The van der Waals surface area contributed by atoms with Gasteiger partial charge in [-0.25, -0.2) is 14.4 Å². The second-order valence-corrected chi connectivity index (χ2v) is 19.5. The molecule has 6 N–H and O–H groups in total. The maximum absolute atomic E-state index is 13.8. The summed E-state index contributed by atoms with van der Waals surface area (Å²) in [6, 6.07) is 7.91. The fourth-order valence-electron chi connectivity index (χ4n) is 6.88. The van der Waals surface area contributed by atoms with E-state index in [4.69, 9.17) is 19.9 Å². The topological polar surface area (TPSA) is 204 Å². The Morgan fingerprint density at radius 1 is 0.717 bits per heavy atom. The van der Waals surface area contributed by atoms with E-state index in [1.54, 1.807) is 62.3 Å². The molecule has 1 fully saturated rings. The lowest BCUT2D eigenvalue weighted by Gasteiger charge is -2.28. The molecule has 15 heteroatoms. The van der Waals surface area contributed by atoms with Crippen molar-refractivity contribution in [2.24, 2.45) is 17.6 Å². The van der Waals surface area contributed by atoms with Gasteiger partial charge in [0.15, 0.2) is 0 Å². The molecule has 2 aromatic rings. The van der Waals surface area contributed by atoms with Crippen molar-refractivity contribution in [3.63, 3.8) is 0 Å². The highest BCUT2D eigenvalue weighted by atomic mass is 79.9. The molecule has 0 unspecified atom stereocenters. The first-order valence-electron chi connectivity index (χ1n) is 21.1. The number of nitrogens with one attached hydrogen (secondary N) is 4. The summed E-state index contributed by atoms with van der Waals surface area (Å²) in [5.41, 5.74) is 4.31. The highest BCUT2D eigenvalue weighted by molar-refractivity contribution is 9.10. The highest BCUT2D eigenvalue weighted by Gasteiger charge is 2.33. The Bertz CT molecular complexity index is 1790. The van der Waals surface area contributed by atoms with E-state index in [2.05, 4.69) is 37.2 Å². The van der Waals surface area contributed by atoms with Gasteiger partial charge in [0.2, 0.25) is 11.8 Å². The van der Waals surface area contributed by atoms with Gasteiger partial charge >= 0.3 is 23.9 Å². The molecule has 0 saturated heterocycles. The number of esters is 3. The van der Waals surface area contributed by atoms with E-state index in [1.165, 1.54) is 0 Å². The van der Waals surface area contributed by atoms with Crippen molar-refractivity contribution in [1.29, 1.82) is 0 Å². The first kappa shape index (κ1) is 50.1. The molecule has 0 aliphatic heterocycles. The van der Waals surface area contributed by atoms with Crippen molar-refractivity contribution in [3.05, 3.63) is 46.4 Å². The summed E-state index contributed by atoms with van der Waals surface area (Å²) in [7, 11) is 0. The van der Waals surface area contributed by atoms with Gasteiger partial charge in [-0.1, -0.05) is 36.4 Å². The molecule has 0 spiro atoms. The molecule has 4 amide bonds. The predicted octanol–water partition coefficient (Wildman–Crippen LogP) is 6.52. The van der Waals surface area contributed by atoms with Crippen LogP contribution in [0.25, 0.3) is 10.8 Å². The van der Waals surface area contributed by atoms with Gasteiger partial charge in [-0.15, -0.1) is 0 Å². The van der Waals surface area contributed by atoms with E-state index in [9.17, 15) is 28.8 Å². The van der Waals surface area contributed by atoms with E-state index in [0.29, 0.717) is 25.3 Å². The lowest BCUT2D eigenvalue weighted by atomic mass is 9.81. The summed E-state index contributed by atoms with van der Waals surface area (Å²) in [6.45, 7) is 16.2. The van der Waals surface area contributed by atoms with Crippen molar-refractivity contribution in [2.75, 3.05) is 13.1 Å². The zero-order valence-corrected chi connectivity index (χ0v) is 38.6. The Kier molecular flexibility index (Phi) is 18.8. The van der Waals surface area contributed by atoms with Gasteiger partial charge in [-0.3, -0.25) is 14.4 Å². The van der Waals surface area contributed by atoms with E-state index >= 15 is 0 Å². The standard InChI is InChI=1S/C45H68BrN5O9/c1-43(2,3)58-36(52)24-23-34(41(56)60-45(7,8)9)51-42(57)50-33(40(55)59-44(4,5)6)16-12-13-25-48-39(54)35(49-38(53)30-19-17-28(27-47)18-20-30)26-31-22-21-29-14-10-11-15-32(29)37(31)46/h10-11,14-15,21-22,28,30,33-35H,12-13,16-20,23-27,47H2,1-9H3,(H,48,54)(H,49,53)(H2,50,51,57)/t28?,30?,33-,34-,35-/m0/s1. The molecule has 1 saturated carbocycles. The number of benzene rings is 2. The average molecular weight is 903 g/mol. The summed E-state index contributed by atoms with van der Waals surface area (Å²) < 4.78 is 17.3. The van der Waals surface area contributed by atoms with Crippen molar-refractivity contribution in [2.45, 2.75) is 161 Å². The van der Waals surface area contributed by atoms with Crippen molar-refractivity contribution in [1.82, 2.24) is 21.3 Å². The molecular weight excluding hydrogens is 834 g/mol. The number of hydrogen-bond acceptors (Lipinski definition) is 10. The summed E-state index contributed by atoms with van der Waals surface area (Å²) in [4.78, 5) is 79.6. The Morgan fingerprint density at radius 2 is 1.28 bits per heavy atom. The summed E-state index contributed by atoms with van der Waals surface area (Å²) in [5.74, 6) is -2.22. The monoisotopic (exact) mass is 901 g/mol. The largest absolute Gasteiger partial charge is 0.460 e. The van der Waals surface area contributed by atoms with E-state index in [-0.39, 0.29) is 50.0 Å². The van der Waals surface area contributed by atoms with Crippen LogP contribution in [0, 0.1) is 11.8 Å². The fraction of sp³-hybridized carbons (Fsp3) is 0.644. The van der Waals surface area contributed by atoms with Crippen molar-refractivity contribution < 1.29 is 43.0 Å². The van der Waals surface area contributed by atoms with Crippen LogP contribution in [0.1, 0.15) is 126 Å². The lowest BCUT2D eigenvalue weighted by molar-refractivity contribution is -0.159. The van der Waals surface area contributed by atoms with Crippen molar-refractivity contribution in [3.8, 4) is 0 Å². The van der Waals surface area contributed by atoms with Gasteiger partial charge in [-0.05, 0) is 158 Å². The first-order valence-corrected chi connectivity index (χ1v) is 21.9. The van der Waals surface area contributed by atoms with Gasteiger partial charge < -0.3 is 41.2 Å². The van der Waals surface area contributed by atoms with Gasteiger partial charge in [0.05, 0.1) is 0 Å². The molecule has 14 nitrogen and oxygen atoms in total. The second-order valence-electron chi connectivity index (χ2n) is 18.7. The third-order valence-electron chi connectivity index (χ3n) is 9.82. The van der Waals surface area contributed by atoms with Crippen LogP contribution in [0.5, 0.6) is 0 Å². The number of unbranched alkanes of at least 4 members (excludes halogenated alkanes) is 1. The van der Waals surface area contributed by atoms with Crippen LogP contribution in [-0.2, 0) is 44.6 Å². The molecule has 3 atom stereocenters. The van der Waals surface area contributed by atoms with Gasteiger partial charge in [0, 0.05) is 29.8 Å². The number of carbonyl (C=O) groups excluding carboxylic acids is 6. The zero-order chi connectivity index (χ0) is 44.8. The molecule has 0 radical (unpaired) electrons. The number of nitrogens with two attached hydrogens (primary N) is 1. The Balaban J connectivity index is 1.68. The number of fused-ring (bicyclic) bond motifs is 1. The van der Waals surface area contributed by atoms with Crippen LogP contribution in [0.4, 0.5) is 4.79 Å². The molecular formula is C45H68BrN5O9. The Labute approximate surface area is 364 Å². The van der Waals surface area contributed by atoms with Crippen LogP contribution in [-0.4, -0.2) is 83.8 Å². The third kappa shape index (κ3) is 17.8. The molecule has 1 aliphatic carbocycles. The third-order valence-corrected chi connectivity index (χ3v) is 10.8. The van der Waals surface area contributed by atoms with Crippen molar-refractivity contribution >= 4 is 62.5 Å². The highest BCUT2D eigenvalue weighted by Crippen LogP contribution is 2.30. The number of urea groups is 1. The van der Waals surface area contributed by atoms with Crippen LogP contribution in [0.2, 0.25) is 0 Å². The second kappa shape index (κ2) is 22.6. The molecule has 2 aromatic carbocycles. The molecule has 0 heterocycles. The summed E-state index contributed by atoms with van der Waals surface area (Å²) in [6.07, 6.45) is 4.20. The maximum Gasteiger partial charge on any atom is 0.329 e. The zero-order valence-electron chi connectivity index (χ0n) is 37.0. The van der Waals surface area contributed by atoms with Crippen LogP contribution >= 0.6 is 15.9 Å². The maximum atomic E-state index is 13.8. The van der Waals surface area contributed by atoms with Gasteiger partial charge in [0.1, 0.15) is 34.9 Å². The summed E-state index contributed by atoms with van der Waals surface area (Å²) in [5, 5.41) is 13.3. The first-order chi connectivity index (χ1) is 27.9. The van der Waals surface area contributed by atoms with E-state index < -0.39 is 58.9 Å². The minimum absolute atomic E-state index is 0.0945. The van der Waals surface area contributed by atoms with Crippen LogP contribution in [0.3, 0.4) is 0 Å². The molecule has 334 valence electrons. The predicted molar refractivity (Wildman–Crippen MR) is 235 cm³/mol. The van der Waals surface area contributed by atoms with E-state index in [0.717, 1.165) is 46.5 Å². The Morgan fingerprint density at radius 3 is 1.85 bits per heavy atom. The lowest BCUT2D eigenvalue weighted by Crippen LogP contribution is -2.53. The average Bonchev–Trinajstić information content (AvgIpc) is 3.14. The van der Waals surface area contributed by atoms with Gasteiger partial charge in [-0.2, -0.15) is 0 Å². The SMILES string of the molecule is CC(C)(C)OC(=O)CC[C@H](NC(=O)N[C@@H](CCCCNC(=O)[C@H](Cc1ccc2ccccc2c1Br)NC(=O)C1CCC(CN)CC1)C(=O)OC(C)(C)C)C(=O)OC(C)(C)C. The molecule has 60 heavy (non-hydrogen) atoms. The Hall–Kier alpha value is -4.24. The normalized spacial score (nSPS) is 17.4. The number of rotatable bonds is 18. The minimum Gasteiger partial charge on any atom is -0.460 e. The molecule has 0 bridgehead atoms. The number of amides is 4. The fourth-order valence-corrected chi connectivity index (χ4v) is 7.54.